The molecule has 1 saturated heterocycles. The largest absolute Gasteiger partial charge is 0.449 e. The van der Waals surface area contributed by atoms with Gasteiger partial charge in [-0.05, 0) is 13.8 Å². The van der Waals surface area contributed by atoms with Crippen LogP contribution in [0.2, 0.25) is 0 Å². The summed E-state index contributed by atoms with van der Waals surface area (Å²) < 4.78 is 5.22. The summed E-state index contributed by atoms with van der Waals surface area (Å²) in [7, 11) is 0. The van der Waals surface area contributed by atoms with E-state index in [4.69, 9.17) is 4.42 Å². The molecular weight excluding hydrogens is 202 g/mol. The van der Waals surface area contributed by atoms with Gasteiger partial charge in [0.2, 0.25) is 0 Å². The Balaban J connectivity index is 1.81. The molecule has 1 aromatic heterocycles. The lowest BCUT2D eigenvalue weighted by Crippen LogP contribution is -2.48. The molecule has 4 nitrogen and oxygen atoms in total. The maximum Gasteiger partial charge on any atom is 0.191 e. The second-order valence-corrected chi connectivity index (χ2v) is 4.76. The predicted molar refractivity (Wildman–Crippen MR) is 63.2 cm³/mol. The van der Waals surface area contributed by atoms with Crippen molar-refractivity contribution in [1.82, 2.24) is 14.8 Å². The van der Waals surface area contributed by atoms with Crippen molar-refractivity contribution < 1.29 is 4.42 Å². The van der Waals surface area contributed by atoms with Crippen molar-refractivity contribution in [2.45, 2.75) is 33.4 Å². The summed E-state index contributed by atoms with van der Waals surface area (Å²) in [5, 5.41) is 0. The monoisotopic (exact) mass is 223 g/mol. The molecule has 0 spiro atoms. The fourth-order valence-corrected chi connectivity index (χ4v) is 2.15. The lowest BCUT2D eigenvalue weighted by molar-refractivity contribution is 0.103. The minimum absolute atomic E-state index is 0.663. The second kappa shape index (κ2) is 4.97. The zero-order valence-corrected chi connectivity index (χ0v) is 10.4. The van der Waals surface area contributed by atoms with Crippen molar-refractivity contribution in [3.05, 3.63) is 17.8 Å². The van der Waals surface area contributed by atoms with Gasteiger partial charge in [0.05, 0.1) is 5.69 Å². The first-order valence-electron chi connectivity index (χ1n) is 6.02. The second-order valence-electron chi connectivity index (χ2n) is 4.76. The fraction of sp³-hybridized carbons (Fsp3) is 0.750. The van der Waals surface area contributed by atoms with Crippen molar-refractivity contribution in [3.8, 4) is 0 Å². The minimum Gasteiger partial charge on any atom is -0.449 e. The van der Waals surface area contributed by atoms with Crippen LogP contribution < -0.4 is 0 Å². The number of hydrogen-bond acceptors (Lipinski definition) is 4. The minimum atomic E-state index is 0.663. The summed E-state index contributed by atoms with van der Waals surface area (Å²) in [5.74, 6) is 0.760. The molecule has 4 heteroatoms. The molecule has 1 aromatic rings. The van der Waals surface area contributed by atoms with Crippen LogP contribution in [0, 0.1) is 6.92 Å². The van der Waals surface area contributed by atoms with Gasteiger partial charge in [0.15, 0.2) is 5.89 Å². The Bertz CT molecular complexity index is 327. The quantitative estimate of drug-likeness (QED) is 0.777. The first kappa shape index (κ1) is 11.6. The molecule has 16 heavy (non-hydrogen) atoms. The smallest absolute Gasteiger partial charge is 0.191 e. The maximum atomic E-state index is 5.22. The molecule has 1 fully saturated rings. The van der Waals surface area contributed by atoms with Crippen molar-refractivity contribution in [2.24, 2.45) is 0 Å². The SMILES string of the molecule is Cc1nc(CN2CCN(C(C)C)CC2)co1. The lowest BCUT2D eigenvalue weighted by Gasteiger charge is -2.36. The summed E-state index contributed by atoms with van der Waals surface area (Å²) in [6.45, 7) is 11.9. The van der Waals surface area contributed by atoms with E-state index in [1.807, 2.05) is 6.92 Å². The number of oxazole rings is 1. The van der Waals surface area contributed by atoms with E-state index in [0.29, 0.717) is 6.04 Å². The van der Waals surface area contributed by atoms with Crippen molar-refractivity contribution >= 4 is 0 Å². The molecule has 0 amide bonds. The Labute approximate surface area is 97.2 Å². The van der Waals surface area contributed by atoms with Crippen LogP contribution in [-0.2, 0) is 6.54 Å². The van der Waals surface area contributed by atoms with E-state index >= 15 is 0 Å². The number of aromatic nitrogens is 1. The van der Waals surface area contributed by atoms with Gasteiger partial charge in [-0.1, -0.05) is 0 Å². The van der Waals surface area contributed by atoms with Crippen LogP contribution in [0.5, 0.6) is 0 Å². The summed E-state index contributed by atoms with van der Waals surface area (Å²) in [6.07, 6.45) is 1.77. The fourth-order valence-electron chi connectivity index (χ4n) is 2.15. The average molecular weight is 223 g/mol. The molecule has 0 aliphatic carbocycles. The number of rotatable bonds is 3. The van der Waals surface area contributed by atoms with Crippen LogP contribution in [0.25, 0.3) is 0 Å². The highest BCUT2D eigenvalue weighted by Gasteiger charge is 2.19. The Kier molecular flexibility index (Phi) is 3.61. The standard InChI is InChI=1S/C12H21N3O/c1-10(2)15-6-4-14(5-7-15)8-12-9-16-11(3)13-12/h9-10H,4-8H2,1-3H3. The van der Waals surface area contributed by atoms with Gasteiger partial charge in [0, 0.05) is 45.7 Å². The van der Waals surface area contributed by atoms with E-state index in [1.165, 1.54) is 0 Å². The molecule has 0 bridgehead atoms. The highest BCUT2D eigenvalue weighted by molar-refractivity contribution is 4.95. The molecule has 0 N–H and O–H groups in total. The normalized spacial score (nSPS) is 19.5. The van der Waals surface area contributed by atoms with Crippen LogP contribution in [0.1, 0.15) is 25.4 Å². The number of hydrogen-bond donors (Lipinski definition) is 0. The molecular formula is C12H21N3O. The Hall–Kier alpha value is -0.870. The van der Waals surface area contributed by atoms with Crippen LogP contribution in [0.15, 0.2) is 10.7 Å². The molecule has 2 rings (SSSR count). The first-order valence-corrected chi connectivity index (χ1v) is 6.02. The van der Waals surface area contributed by atoms with Gasteiger partial charge in [-0.25, -0.2) is 4.98 Å². The highest BCUT2D eigenvalue weighted by atomic mass is 16.3. The molecule has 1 aliphatic heterocycles. The molecule has 0 atom stereocenters. The van der Waals surface area contributed by atoms with Gasteiger partial charge in [0.25, 0.3) is 0 Å². The molecule has 0 aromatic carbocycles. The first-order chi connectivity index (χ1) is 7.65. The number of piperazine rings is 1. The summed E-state index contributed by atoms with van der Waals surface area (Å²) in [6, 6.07) is 0.663. The molecule has 0 radical (unpaired) electrons. The zero-order chi connectivity index (χ0) is 11.5. The van der Waals surface area contributed by atoms with Gasteiger partial charge in [-0.15, -0.1) is 0 Å². The van der Waals surface area contributed by atoms with Crippen LogP contribution >= 0.6 is 0 Å². The third-order valence-electron chi connectivity index (χ3n) is 3.19. The van der Waals surface area contributed by atoms with Gasteiger partial charge < -0.3 is 4.42 Å². The Morgan fingerprint density at radius 1 is 1.31 bits per heavy atom. The van der Waals surface area contributed by atoms with Gasteiger partial charge in [-0.3, -0.25) is 9.80 Å². The third kappa shape index (κ3) is 2.83. The maximum absolute atomic E-state index is 5.22. The van der Waals surface area contributed by atoms with E-state index in [0.717, 1.165) is 44.3 Å². The van der Waals surface area contributed by atoms with Gasteiger partial charge in [-0.2, -0.15) is 0 Å². The summed E-state index contributed by atoms with van der Waals surface area (Å²) in [4.78, 5) is 9.30. The molecule has 1 aliphatic rings. The Morgan fingerprint density at radius 2 is 2.00 bits per heavy atom. The van der Waals surface area contributed by atoms with Crippen molar-refractivity contribution in [1.29, 1.82) is 0 Å². The predicted octanol–water partition coefficient (Wildman–Crippen LogP) is 1.51. The van der Waals surface area contributed by atoms with E-state index in [2.05, 4.69) is 28.6 Å². The molecule has 0 unspecified atom stereocenters. The third-order valence-corrected chi connectivity index (χ3v) is 3.19. The molecule has 2 heterocycles. The van der Waals surface area contributed by atoms with E-state index in [1.54, 1.807) is 6.26 Å². The van der Waals surface area contributed by atoms with Crippen molar-refractivity contribution in [2.75, 3.05) is 26.2 Å². The van der Waals surface area contributed by atoms with Crippen molar-refractivity contribution in [3.63, 3.8) is 0 Å². The summed E-state index contributed by atoms with van der Waals surface area (Å²) >= 11 is 0. The van der Waals surface area contributed by atoms with E-state index in [9.17, 15) is 0 Å². The summed E-state index contributed by atoms with van der Waals surface area (Å²) in [5.41, 5.74) is 1.05. The van der Waals surface area contributed by atoms with Gasteiger partial charge >= 0.3 is 0 Å². The average Bonchev–Trinajstić information content (AvgIpc) is 2.65. The van der Waals surface area contributed by atoms with Crippen LogP contribution in [-0.4, -0.2) is 47.0 Å². The number of aryl methyl sites for hydroxylation is 1. The Morgan fingerprint density at radius 3 is 2.50 bits per heavy atom. The highest BCUT2D eigenvalue weighted by Crippen LogP contribution is 2.10. The molecule has 0 saturated carbocycles. The number of nitrogens with zero attached hydrogens (tertiary/aromatic N) is 3. The topological polar surface area (TPSA) is 32.5 Å². The lowest BCUT2D eigenvalue weighted by atomic mass is 10.2. The van der Waals surface area contributed by atoms with Crippen LogP contribution in [0.4, 0.5) is 0 Å². The zero-order valence-electron chi connectivity index (χ0n) is 10.4. The van der Waals surface area contributed by atoms with Crippen LogP contribution in [0.3, 0.4) is 0 Å². The van der Waals surface area contributed by atoms with Gasteiger partial charge in [0.1, 0.15) is 6.26 Å². The van der Waals surface area contributed by atoms with E-state index < -0.39 is 0 Å². The van der Waals surface area contributed by atoms with E-state index in [-0.39, 0.29) is 0 Å². The molecule has 90 valence electrons.